The van der Waals surface area contributed by atoms with Crippen LogP contribution in [0.25, 0.3) is 17.1 Å². The van der Waals surface area contributed by atoms with Gasteiger partial charge in [0.2, 0.25) is 5.91 Å². The second-order valence-electron chi connectivity index (χ2n) is 8.25. The minimum atomic E-state index is -0.730. The topological polar surface area (TPSA) is 137 Å². The lowest BCUT2D eigenvalue weighted by Gasteiger charge is -2.13. The molecule has 2 heterocycles. The second-order valence-corrected chi connectivity index (χ2v) is 9.24. The summed E-state index contributed by atoms with van der Waals surface area (Å²) in [5.74, 6) is -1.28. The van der Waals surface area contributed by atoms with Crippen molar-refractivity contribution < 1.29 is 19.3 Å². The Morgan fingerprint density at radius 1 is 1.03 bits per heavy atom. The van der Waals surface area contributed by atoms with Gasteiger partial charge in [-0.2, -0.15) is 0 Å². The van der Waals surface area contributed by atoms with Crippen LogP contribution in [0.4, 0.5) is 16.2 Å². The minimum absolute atomic E-state index is 0.0578. The Morgan fingerprint density at radius 3 is 2.23 bits per heavy atom. The molecule has 35 heavy (non-hydrogen) atoms. The molecule has 2 aromatic carbocycles. The van der Waals surface area contributed by atoms with Crippen LogP contribution in [-0.4, -0.2) is 42.6 Å². The van der Waals surface area contributed by atoms with Crippen molar-refractivity contribution in [2.75, 3.05) is 11.9 Å². The van der Waals surface area contributed by atoms with Gasteiger partial charge in [-0.15, -0.1) is 0 Å². The van der Waals surface area contributed by atoms with Gasteiger partial charge in [0.15, 0.2) is 0 Å². The Hall–Kier alpha value is -4.19. The van der Waals surface area contributed by atoms with E-state index in [2.05, 4.69) is 5.32 Å². The maximum absolute atomic E-state index is 12.9. The van der Waals surface area contributed by atoms with Gasteiger partial charge < -0.3 is 5.32 Å². The predicted molar refractivity (Wildman–Crippen MR) is 132 cm³/mol. The van der Waals surface area contributed by atoms with E-state index in [4.69, 9.17) is 0 Å². The van der Waals surface area contributed by atoms with Crippen LogP contribution in [0.5, 0.6) is 0 Å². The summed E-state index contributed by atoms with van der Waals surface area (Å²) in [6.45, 7) is 3.27. The number of hydrogen-bond donors (Lipinski definition) is 1. The molecule has 0 bridgehead atoms. The van der Waals surface area contributed by atoms with E-state index in [1.54, 1.807) is 12.1 Å². The highest BCUT2D eigenvalue weighted by molar-refractivity contribution is 8.18. The molecule has 0 unspecified atom stereocenters. The van der Waals surface area contributed by atoms with Crippen molar-refractivity contribution in [2.24, 2.45) is 14.1 Å². The van der Waals surface area contributed by atoms with Gasteiger partial charge in [0, 0.05) is 25.8 Å². The number of imidazole rings is 1. The zero-order valence-electron chi connectivity index (χ0n) is 19.3. The molecule has 0 atom stereocenters. The molecule has 0 spiro atoms. The summed E-state index contributed by atoms with van der Waals surface area (Å²) in [4.78, 5) is 61.9. The summed E-state index contributed by atoms with van der Waals surface area (Å²) in [6, 6.07) is 8.16. The number of nitrogens with zero attached hydrogens (tertiary/aromatic N) is 4. The molecule has 1 fully saturated rings. The minimum Gasteiger partial charge on any atom is -0.325 e. The lowest BCUT2D eigenvalue weighted by atomic mass is 10.1. The molecule has 0 saturated carbocycles. The number of nitrogens with one attached hydrogen (secondary N) is 1. The van der Waals surface area contributed by atoms with E-state index in [0.29, 0.717) is 28.5 Å². The van der Waals surface area contributed by atoms with Gasteiger partial charge in [-0.1, -0.05) is 6.07 Å². The van der Waals surface area contributed by atoms with Gasteiger partial charge in [0.25, 0.3) is 16.8 Å². The van der Waals surface area contributed by atoms with Crippen molar-refractivity contribution in [3.63, 3.8) is 0 Å². The van der Waals surface area contributed by atoms with Crippen molar-refractivity contribution in [3.05, 3.63) is 72.5 Å². The molecule has 3 aromatic rings. The number of aryl methyl sites for hydroxylation is 4. The highest BCUT2D eigenvalue weighted by atomic mass is 32.2. The SMILES string of the molecule is Cc1cc(C)cc(NC(=O)CN2C(=O)S/C(=C\c3cc4c(cc3[N+](=O)[O-])n(C)c(=O)n4C)C2=O)c1. The summed E-state index contributed by atoms with van der Waals surface area (Å²) >= 11 is 0.590. The molecule has 4 rings (SSSR count). The first-order valence-electron chi connectivity index (χ1n) is 10.4. The van der Waals surface area contributed by atoms with Crippen LogP contribution in [0, 0.1) is 24.0 Å². The number of rotatable bonds is 5. The molecule has 11 nitrogen and oxygen atoms in total. The van der Waals surface area contributed by atoms with Gasteiger partial charge in [0.1, 0.15) is 6.54 Å². The third-order valence-corrected chi connectivity index (χ3v) is 6.49. The number of amides is 3. The fourth-order valence-corrected chi connectivity index (χ4v) is 4.82. The largest absolute Gasteiger partial charge is 0.328 e. The Kier molecular flexibility index (Phi) is 6.07. The van der Waals surface area contributed by atoms with Crippen LogP contribution < -0.4 is 11.0 Å². The number of anilines is 1. The van der Waals surface area contributed by atoms with Crippen molar-refractivity contribution in [1.82, 2.24) is 14.0 Å². The number of nitro groups is 1. The highest BCUT2D eigenvalue weighted by Crippen LogP contribution is 2.35. The molecule has 3 amide bonds. The monoisotopic (exact) mass is 495 g/mol. The standard InChI is InChI=1S/C23H21N5O6S/c1-12-5-13(2)7-15(6-12)24-20(29)11-27-21(30)19(35-23(27)32)9-14-8-17-18(10-16(14)28(33)34)26(4)22(31)25(17)3/h5-10H,11H2,1-4H3,(H,24,29)/b19-9-. The Labute approximate surface area is 203 Å². The zero-order valence-corrected chi connectivity index (χ0v) is 20.1. The number of fused-ring (bicyclic) bond motifs is 1. The van der Waals surface area contributed by atoms with Gasteiger partial charge in [-0.25, -0.2) is 4.79 Å². The lowest BCUT2D eigenvalue weighted by Crippen LogP contribution is -2.36. The molecule has 0 radical (unpaired) electrons. The molecule has 180 valence electrons. The smallest absolute Gasteiger partial charge is 0.325 e. The molecule has 1 saturated heterocycles. The summed E-state index contributed by atoms with van der Waals surface area (Å²) in [7, 11) is 3.03. The maximum Gasteiger partial charge on any atom is 0.328 e. The first kappa shape index (κ1) is 24.0. The van der Waals surface area contributed by atoms with Crippen LogP contribution in [0.3, 0.4) is 0 Å². The van der Waals surface area contributed by atoms with E-state index in [9.17, 15) is 29.3 Å². The van der Waals surface area contributed by atoms with E-state index in [1.165, 1.54) is 41.4 Å². The first-order valence-corrected chi connectivity index (χ1v) is 11.2. The average molecular weight is 496 g/mol. The Morgan fingerprint density at radius 2 is 1.63 bits per heavy atom. The van der Waals surface area contributed by atoms with Crippen molar-refractivity contribution in [2.45, 2.75) is 13.8 Å². The molecule has 1 aliphatic heterocycles. The average Bonchev–Trinajstić information content (AvgIpc) is 3.14. The van der Waals surface area contributed by atoms with Gasteiger partial charge in [0.05, 0.1) is 26.4 Å². The molecular formula is C23H21N5O6S. The molecule has 12 heteroatoms. The van der Waals surface area contributed by atoms with Gasteiger partial charge in [-0.3, -0.25) is 38.5 Å². The van der Waals surface area contributed by atoms with E-state index < -0.39 is 28.5 Å². The third-order valence-electron chi connectivity index (χ3n) is 5.58. The number of benzene rings is 2. The summed E-state index contributed by atoms with van der Waals surface area (Å²) < 4.78 is 2.62. The number of hydrogen-bond acceptors (Lipinski definition) is 7. The molecule has 1 N–H and O–H groups in total. The van der Waals surface area contributed by atoms with E-state index in [0.717, 1.165) is 16.0 Å². The molecule has 1 aliphatic rings. The van der Waals surface area contributed by atoms with Crippen LogP contribution in [0.1, 0.15) is 16.7 Å². The maximum atomic E-state index is 12.9. The van der Waals surface area contributed by atoms with Gasteiger partial charge in [-0.05, 0) is 61.0 Å². The number of nitro benzene ring substituents is 1. The zero-order chi connectivity index (χ0) is 25.6. The summed E-state index contributed by atoms with van der Waals surface area (Å²) in [6.07, 6.45) is 1.24. The van der Waals surface area contributed by atoms with E-state index in [-0.39, 0.29) is 21.8 Å². The Bertz CT molecular complexity index is 1510. The van der Waals surface area contributed by atoms with E-state index in [1.807, 2.05) is 19.9 Å². The molecule has 1 aromatic heterocycles. The summed E-state index contributed by atoms with van der Waals surface area (Å²) in [5.41, 5.74) is 2.62. The first-order chi connectivity index (χ1) is 16.5. The number of imide groups is 1. The lowest BCUT2D eigenvalue weighted by molar-refractivity contribution is -0.385. The quantitative estimate of drug-likeness (QED) is 0.326. The number of carbonyl (C=O) groups is 3. The molecular weight excluding hydrogens is 474 g/mol. The summed E-state index contributed by atoms with van der Waals surface area (Å²) in [5, 5.41) is 13.7. The molecule has 0 aliphatic carbocycles. The fraction of sp³-hybridized carbons (Fsp3) is 0.217. The highest BCUT2D eigenvalue weighted by Gasteiger charge is 2.37. The van der Waals surface area contributed by atoms with E-state index >= 15 is 0 Å². The number of aromatic nitrogens is 2. The number of thioether (sulfide) groups is 1. The van der Waals surface area contributed by atoms with Crippen LogP contribution in [0.2, 0.25) is 0 Å². The van der Waals surface area contributed by atoms with Crippen LogP contribution in [-0.2, 0) is 23.7 Å². The number of carbonyl (C=O) groups excluding carboxylic acids is 3. The fourth-order valence-electron chi connectivity index (χ4n) is 3.99. The van der Waals surface area contributed by atoms with Crippen LogP contribution >= 0.6 is 11.8 Å². The van der Waals surface area contributed by atoms with Crippen molar-refractivity contribution in [3.8, 4) is 0 Å². The normalized spacial score (nSPS) is 14.9. The predicted octanol–water partition coefficient (Wildman–Crippen LogP) is 3.08. The van der Waals surface area contributed by atoms with Gasteiger partial charge >= 0.3 is 5.69 Å². The Balaban J connectivity index is 1.62. The van der Waals surface area contributed by atoms with Crippen molar-refractivity contribution >= 4 is 57.3 Å². The van der Waals surface area contributed by atoms with Crippen LogP contribution in [0.15, 0.2) is 40.0 Å². The third kappa shape index (κ3) is 4.47. The second kappa shape index (κ2) is 8.87. The van der Waals surface area contributed by atoms with Crippen molar-refractivity contribution in [1.29, 1.82) is 0 Å².